The van der Waals surface area contributed by atoms with Crippen LogP contribution in [0.4, 0.5) is 0 Å². The number of piperidine rings is 1. The molecule has 3 rings (SSSR count). The number of halogens is 1. The molecule has 0 unspecified atom stereocenters. The first-order valence-electron chi connectivity index (χ1n) is 8.03. The molecule has 1 saturated heterocycles. The van der Waals surface area contributed by atoms with E-state index in [0.29, 0.717) is 12.5 Å². The Balaban J connectivity index is 0.00000192. The Kier molecular flexibility index (Phi) is 6.28. The summed E-state index contributed by atoms with van der Waals surface area (Å²) in [4.78, 5) is 4.29. The second kappa shape index (κ2) is 7.81. The van der Waals surface area contributed by atoms with E-state index in [1.165, 1.54) is 44.8 Å². The Labute approximate surface area is 144 Å². The van der Waals surface area contributed by atoms with Crippen LogP contribution < -0.4 is 10.1 Å². The van der Waals surface area contributed by atoms with E-state index in [4.69, 9.17) is 4.74 Å². The van der Waals surface area contributed by atoms with E-state index in [1.54, 1.807) is 12.1 Å². The second-order valence-corrected chi connectivity index (χ2v) is 8.50. The monoisotopic (exact) mass is 360 g/mol. The Morgan fingerprint density at radius 2 is 2.04 bits per heavy atom. The predicted octanol–water partition coefficient (Wildman–Crippen LogP) is 2.31. The number of nitrogens with zero attached hydrogens (tertiary/aromatic N) is 1. The third-order valence-corrected chi connectivity index (χ3v) is 5.94. The van der Waals surface area contributed by atoms with E-state index >= 15 is 0 Å². The molecule has 1 aliphatic heterocycles. The van der Waals surface area contributed by atoms with Crippen molar-refractivity contribution in [2.75, 3.05) is 26.0 Å². The first-order valence-corrected chi connectivity index (χ1v) is 9.93. The molecule has 2 aliphatic rings. The highest BCUT2D eigenvalue weighted by atomic mass is 35.5. The van der Waals surface area contributed by atoms with Crippen molar-refractivity contribution in [1.82, 2.24) is 10.3 Å². The van der Waals surface area contributed by atoms with Crippen LogP contribution in [0.2, 0.25) is 0 Å². The molecule has 1 saturated carbocycles. The Hall–Kier alpha value is -0.850. The fourth-order valence-corrected chi connectivity index (χ4v) is 4.00. The highest BCUT2D eigenvalue weighted by molar-refractivity contribution is 7.90. The summed E-state index contributed by atoms with van der Waals surface area (Å²) < 4.78 is 28.4. The largest absolute Gasteiger partial charge is 0.478 e. The molecular weight excluding hydrogens is 336 g/mol. The van der Waals surface area contributed by atoms with Gasteiger partial charge in [-0.3, -0.25) is 0 Å². The Bertz CT molecular complexity index is 600. The number of nitrogens with one attached hydrogen (secondary N) is 1. The summed E-state index contributed by atoms with van der Waals surface area (Å²) in [6.45, 7) is 3.00. The summed E-state index contributed by atoms with van der Waals surface area (Å²) in [6.07, 6.45) is 7.59. The van der Waals surface area contributed by atoms with Crippen molar-refractivity contribution in [2.24, 2.45) is 17.8 Å². The minimum Gasteiger partial charge on any atom is -0.478 e. The molecule has 0 amide bonds. The lowest BCUT2D eigenvalue weighted by atomic mass is 9.91. The van der Waals surface area contributed by atoms with Crippen LogP contribution in [0, 0.1) is 17.8 Å². The standard InChI is InChI=1S/C16H24N2O3S.ClH/c1-22(19,20)14-2-3-16(18-11-14)21-9-6-13-10-15(13)12-4-7-17-8-5-12;/h2-3,11-13,15,17H,4-10H2,1H3;1H/t13-,15+;/m0./s1. The molecule has 5 nitrogen and oxygen atoms in total. The van der Waals surface area contributed by atoms with E-state index in [1.807, 2.05) is 0 Å². The fourth-order valence-electron chi connectivity index (χ4n) is 3.44. The van der Waals surface area contributed by atoms with Crippen molar-refractivity contribution in [3.05, 3.63) is 18.3 Å². The lowest BCUT2D eigenvalue weighted by Crippen LogP contribution is -2.29. The van der Waals surface area contributed by atoms with Crippen LogP contribution in [0.5, 0.6) is 5.88 Å². The molecular formula is C16H25ClN2O3S. The van der Waals surface area contributed by atoms with Gasteiger partial charge in [0.15, 0.2) is 9.84 Å². The predicted molar refractivity (Wildman–Crippen MR) is 91.9 cm³/mol. The SMILES string of the molecule is CS(=O)(=O)c1ccc(OCC[C@H]2C[C@@H]2C2CCNCC2)nc1.Cl. The zero-order valence-corrected chi connectivity index (χ0v) is 15.0. The zero-order valence-electron chi connectivity index (χ0n) is 13.4. The third kappa shape index (κ3) is 5.06. The van der Waals surface area contributed by atoms with Gasteiger partial charge in [0.2, 0.25) is 5.88 Å². The number of rotatable bonds is 6. The van der Waals surface area contributed by atoms with E-state index in [2.05, 4.69) is 10.3 Å². The van der Waals surface area contributed by atoms with Crippen molar-refractivity contribution < 1.29 is 13.2 Å². The Morgan fingerprint density at radius 1 is 1.30 bits per heavy atom. The van der Waals surface area contributed by atoms with Gasteiger partial charge in [-0.15, -0.1) is 12.4 Å². The molecule has 130 valence electrons. The van der Waals surface area contributed by atoms with Gasteiger partial charge in [-0.25, -0.2) is 13.4 Å². The zero-order chi connectivity index (χ0) is 15.6. The van der Waals surface area contributed by atoms with Gasteiger partial charge in [0.1, 0.15) is 0 Å². The number of hydrogen-bond acceptors (Lipinski definition) is 5. The summed E-state index contributed by atoms with van der Waals surface area (Å²) in [5.41, 5.74) is 0. The number of ether oxygens (including phenoxy) is 1. The highest BCUT2D eigenvalue weighted by Crippen LogP contribution is 2.49. The average molecular weight is 361 g/mol. The summed E-state index contributed by atoms with van der Waals surface area (Å²) in [6, 6.07) is 3.18. The van der Waals surface area contributed by atoms with Crippen molar-refractivity contribution in [1.29, 1.82) is 0 Å². The molecule has 2 fully saturated rings. The van der Waals surface area contributed by atoms with Crippen molar-refractivity contribution in [3.63, 3.8) is 0 Å². The van der Waals surface area contributed by atoms with Crippen molar-refractivity contribution in [2.45, 2.75) is 30.6 Å². The van der Waals surface area contributed by atoms with E-state index < -0.39 is 9.84 Å². The molecule has 0 radical (unpaired) electrons. The number of sulfone groups is 1. The first kappa shape index (κ1) is 18.5. The molecule has 0 spiro atoms. The lowest BCUT2D eigenvalue weighted by molar-refractivity contribution is 0.272. The summed E-state index contributed by atoms with van der Waals surface area (Å²) in [5, 5.41) is 3.42. The molecule has 0 aromatic carbocycles. The summed E-state index contributed by atoms with van der Waals surface area (Å²) >= 11 is 0. The average Bonchev–Trinajstić information content (AvgIpc) is 3.27. The van der Waals surface area contributed by atoms with Gasteiger partial charge in [-0.05, 0) is 62.6 Å². The third-order valence-electron chi connectivity index (χ3n) is 4.84. The van der Waals surface area contributed by atoms with Gasteiger partial charge in [-0.1, -0.05) is 0 Å². The maximum Gasteiger partial charge on any atom is 0.213 e. The normalized spacial score (nSPS) is 24.7. The van der Waals surface area contributed by atoms with Crippen LogP contribution in [-0.4, -0.2) is 39.4 Å². The van der Waals surface area contributed by atoms with Gasteiger partial charge in [0.25, 0.3) is 0 Å². The van der Waals surface area contributed by atoms with Crippen LogP contribution >= 0.6 is 12.4 Å². The lowest BCUT2D eigenvalue weighted by Gasteiger charge is -2.22. The Morgan fingerprint density at radius 3 is 2.65 bits per heavy atom. The minimum atomic E-state index is -3.19. The van der Waals surface area contributed by atoms with E-state index in [-0.39, 0.29) is 17.3 Å². The van der Waals surface area contributed by atoms with Gasteiger partial charge in [-0.2, -0.15) is 0 Å². The van der Waals surface area contributed by atoms with Gasteiger partial charge < -0.3 is 10.1 Å². The van der Waals surface area contributed by atoms with Gasteiger partial charge >= 0.3 is 0 Å². The number of hydrogen-bond donors (Lipinski definition) is 1. The van der Waals surface area contributed by atoms with Crippen molar-refractivity contribution >= 4 is 22.2 Å². The van der Waals surface area contributed by atoms with Crippen LogP contribution in [0.15, 0.2) is 23.2 Å². The summed E-state index contributed by atoms with van der Waals surface area (Å²) in [7, 11) is -3.19. The van der Waals surface area contributed by atoms with E-state index in [9.17, 15) is 8.42 Å². The smallest absolute Gasteiger partial charge is 0.213 e. The minimum absolute atomic E-state index is 0. The summed E-state index contributed by atoms with van der Waals surface area (Å²) in [5.74, 6) is 3.11. The molecule has 7 heteroatoms. The molecule has 1 aromatic heterocycles. The quantitative estimate of drug-likeness (QED) is 0.843. The van der Waals surface area contributed by atoms with Crippen LogP contribution in [0.3, 0.4) is 0 Å². The van der Waals surface area contributed by atoms with Crippen molar-refractivity contribution in [3.8, 4) is 5.88 Å². The second-order valence-electron chi connectivity index (χ2n) is 6.49. The van der Waals surface area contributed by atoms with Gasteiger partial charge in [0, 0.05) is 18.5 Å². The molecule has 1 aliphatic carbocycles. The maximum absolute atomic E-state index is 11.4. The maximum atomic E-state index is 11.4. The molecule has 1 N–H and O–H groups in total. The first-order chi connectivity index (χ1) is 10.5. The van der Waals surface area contributed by atoms with E-state index in [0.717, 1.165) is 24.2 Å². The van der Waals surface area contributed by atoms with Crippen LogP contribution in [0.25, 0.3) is 0 Å². The molecule has 1 aromatic rings. The molecule has 0 bridgehead atoms. The molecule has 2 atom stereocenters. The molecule has 23 heavy (non-hydrogen) atoms. The van der Waals surface area contributed by atoms with Crippen LogP contribution in [0.1, 0.15) is 25.7 Å². The number of aromatic nitrogens is 1. The fraction of sp³-hybridized carbons (Fsp3) is 0.688. The topological polar surface area (TPSA) is 68.3 Å². The van der Waals surface area contributed by atoms with Gasteiger partial charge in [0.05, 0.1) is 11.5 Å². The number of pyridine rings is 1. The molecule has 2 heterocycles. The van der Waals surface area contributed by atoms with Crippen LogP contribution in [-0.2, 0) is 9.84 Å². The highest BCUT2D eigenvalue weighted by Gasteiger charge is 2.42.